The molecule has 4 nitrogen and oxygen atoms in total. The molecule has 0 saturated heterocycles. The average Bonchev–Trinajstić information content (AvgIpc) is 3.10. The molecule has 0 bridgehead atoms. The Balaban J connectivity index is 0.000000735. The lowest BCUT2D eigenvalue weighted by atomic mass is 9.98. The van der Waals surface area contributed by atoms with E-state index in [0.717, 1.165) is 6.92 Å². The number of aryl methyl sites for hydroxylation is 3. The van der Waals surface area contributed by atoms with E-state index < -0.39 is 5.97 Å². The molecule has 2 aromatic rings. The molecule has 1 aromatic heterocycles. The van der Waals surface area contributed by atoms with Gasteiger partial charge in [-0.3, -0.25) is 0 Å². The first kappa shape index (κ1) is 24.2. The van der Waals surface area contributed by atoms with Gasteiger partial charge in [-0.25, -0.2) is 9.13 Å². The zero-order valence-corrected chi connectivity index (χ0v) is 19.5. The summed E-state index contributed by atoms with van der Waals surface area (Å²) >= 11 is 0. The summed E-state index contributed by atoms with van der Waals surface area (Å²) < 4.78 is 4.82. The Morgan fingerprint density at radius 2 is 1.33 bits per heavy atom. The third-order valence-corrected chi connectivity index (χ3v) is 6.05. The minimum absolute atomic E-state index is 0.668. The first-order chi connectivity index (χ1) is 14.4. The van der Waals surface area contributed by atoms with Crippen molar-refractivity contribution in [1.82, 2.24) is 4.57 Å². The summed E-state index contributed by atoms with van der Waals surface area (Å²) in [6.07, 6.45) is 22.3. The Kier molecular flexibility index (Phi) is 10.1. The van der Waals surface area contributed by atoms with Crippen LogP contribution in [0.4, 0.5) is 0 Å². The number of carboxylic acids is 1. The maximum atomic E-state index is 8.89. The maximum absolute atomic E-state index is 8.89. The van der Waals surface area contributed by atoms with Crippen LogP contribution < -0.4 is 9.67 Å². The van der Waals surface area contributed by atoms with Gasteiger partial charge < -0.3 is 9.90 Å². The monoisotopic (exact) mass is 412 g/mol. The largest absolute Gasteiger partial charge is 0.550 e. The number of carbonyl (C=O) groups is 1. The van der Waals surface area contributed by atoms with Gasteiger partial charge in [0.05, 0.1) is 0 Å². The van der Waals surface area contributed by atoms with E-state index >= 15 is 0 Å². The zero-order valence-electron chi connectivity index (χ0n) is 19.5. The highest BCUT2D eigenvalue weighted by Crippen LogP contribution is 2.23. The van der Waals surface area contributed by atoms with E-state index in [9.17, 15) is 0 Å². The number of aliphatic carboxylic acids is 1. The lowest BCUT2D eigenvalue weighted by molar-refractivity contribution is -0.723. The maximum Gasteiger partial charge on any atom is 0.249 e. The molecule has 0 N–H and O–H groups in total. The van der Waals surface area contributed by atoms with Gasteiger partial charge in [-0.1, -0.05) is 62.6 Å². The SMILES string of the molecule is CC(=O)[O-].Cc1cc(C)c(-n2cc[n+](C3CCCCCCCCCCC3)c2)c(C)c1. The van der Waals surface area contributed by atoms with Gasteiger partial charge in [0.15, 0.2) is 0 Å². The summed E-state index contributed by atoms with van der Waals surface area (Å²) in [5.74, 6) is -1.08. The summed E-state index contributed by atoms with van der Waals surface area (Å²) in [6.45, 7) is 7.62. The van der Waals surface area contributed by atoms with Crippen LogP contribution in [0.15, 0.2) is 30.9 Å². The van der Waals surface area contributed by atoms with Crippen molar-refractivity contribution in [3.8, 4) is 5.69 Å². The van der Waals surface area contributed by atoms with Crippen molar-refractivity contribution in [3.05, 3.63) is 47.5 Å². The minimum atomic E-state index is -1.08. The molecule has 1 saturated carbocycles. The van der Waals surface area contributed by atoms with E-state index in [0.29, 0.717) is 6.04 Å². The van der Waals surface area contributed by atoms with Crippen LogP contribution in [0, 0.1) is 20.8 Å². The number of benzene rings is 1. The molecule has 0 amide bonds. The van der Waals surface area contributed by atoms with Crippen molar-refractivity contribution < 1.29 is 14.5 Å². The summed E-state index contributed by atoms with van der Waals surface area (Å²) in [5.41, 5.74) is 5.43. The van der Waals surface area contributed by atoms with Crippen molar-refractivity contribution in [3.63, 3.8) is 0 Å². The lowest BCUT2D eigenvalue weighted by Gasteiger charge is -2.15. The molecule has 1 aliphatic rings. The number of carbonyl (C=O) groups excluding carboxylic acids is 1. The molecule has 0 unspecified atom stereocenters. The number of imidazole rings is 1. The van der Waals surface area contributed by atoms with E-state index in [4.69, 9.17) is 9.90 Å². The smallest absolute Gasteiger partial charge is 0.249 e. The van der Waals surface area contributed by atoms with Gasteiger partial charge in [0.25, 0.3) is 0 Å². The third-order valence-electron chi connectivity index (χ3n) is 6.05. The van der Waals surface area contributed by atoms with Crippen LogP contribution in [0.1, 0.15) is 100 Å². The predicted octanol–water partition coefficient (Wildman–Crippen LogP) is 5.29. The van der Waals surface area contributed by atoms with Gasteiger partial charge in [0.2, 0.25) is 6.33 Å². The van der Waals surface area contributed by atoms with Crippen LogP contribution in [0.3, 0.4) is 0 Å². The molecule has 0 aliphatic heterocycles. The molecule has 1 heterocycles. The average molecular weight is 413 g/mol. The summed E-state index contributed by atoms with van der Waals surface area (Å²) in [6, 6.07) is 5.26. The van der Waals surface area contributed by atoms with Gasteiger partial charge >= 0.3 is 0 Å². The van der Waals surface area contributed by atoms with Gasteiger partial charge in [-0.2, -0.15) is 0 Å². The fourth-order valence-corrected chi connectivity index (χ4v) is 4.74. The second kappa shape index (κ2) is 12.6. The molecular formula is C26H40N2O2. The van der Waals surface area contributed by atoms with Crippen LogP contribution in [-0.2, 0) is 4.79 Å². The Labute approximate surface area is 182 Å². The van der Waals surface area contributed by atoms with Crippen molar-refractivity contribution in [2.24, 2.45) is 0 Å². The number of nitrogens with zero attached hydrogens (tertiary/aromatic N) is 2. The van der Waals surface area contributed by atoms with Gasteiger partial charge in [-0.15, -0.1) is 0 Å². The topological polar surface area (TPSA) is 48.9 Å². The quantitative estimate of drug-likeness (QED) is 0.629. The van der Waals surface area contributed by atoms with Gasteiger partial charge in [0, 0.05) is 5.97 Å². The molecule has 3 rings (SSSR count). The second-order valence-electron chi connectivity index (χ2n) is 8.92. The zero-order chi connectivity index (χ0) is 21.9. The van der Waals surface area contributed by atoms with Gasteiger partial charge in [0.1, 0.15) is 24.1 Å². The molecule has 166 valence electrons. The van der Waals surface area contributed by atoms with E-state index in [1.54, 1.807) is 0 Å². The Morgan fingerprint density at radius 3 is 1.80 bits per heavy atom. The first-order valence-corrected chi connectivity index (χ1v) is 11.7. The highest BCUT2D eigenvalue weighted by Gasteiger charge is 2.19. The normalized spacial score (nSPS) is 16.7. The number of hydrogen-bond donors (Lipinski definition) is 0. The number of aromatic nitrogens is 2. The van der Waals surface area contributed by atoms with Crippen molar-refractivity contribution in [1.29, 1.82) is 0 Å². The standard InChI is InChI=1S/C24H37N2.C2H4O2/c1-20-17-21(2)24(22(3)18-20)26-16-15-25(19-26)23-13-11-9-7-5-4-6-8-10-12-14-23;1-2(3)4/h15-19,23H,4-14H2,1-3H3;1H3,(H,3,4)/q+1;/p-1. The Morgan fingerprint density at radius 1 is 0.900 bits per heavy atom. The Bertz CT molecular complexity index is 755. The molecule has 0 radical (unpaired) electrons. The fourth-order valence-electron chi connectivity index (χ4n) is 4.74. The molecule has 30 heavy (non-hydrogen) atoms. The number of hydrogen-bond acceptors (Lipinski definition) is 2. The van der Waals surface area contributed by atoms with E-state index in [1.165, 1.54) is 93.0 Å². The third kappa shape index (κ3) is 7.97. The molecule has 1 fully saturated rings. The predicted molar refractivity (Wildman–Crippen MR) is 121 cm³/mol. The summed E-state index contributed by atoms with van der Waals surface area (Å²) in [7, 11) is 0. The molecule has 0 atom stereocenters. The Hall–Kier alpha value is -2.10. The van der Waals surface area contributed by atoms with Crippen LogP contribution >= 0.6 is 0 Å². The van der Waals surface area contributed by atoms with Crippen LogP contribution in [0.5, 0.6) is 0 Å². The van der Waals surface area contributed by atoms with E-state index in [1.807, 2.05) is 0 Å². The molecule has 4 heteroatoms. The fraction of sp³-hybridized carbons (Fsp3) is 0.615. The highest BCUT2D eigenvalue weighted by molar-refractivity contribution is 5.60. The molecule has 1 aliphatic carbocycles. The lowest BCUT2D eigenvalue weighted by Crippen LogP contribution is -2.37. The summed E-state index contributed by atoms with van der Waals surface area (Å²) in [5, 5.41) is 8.89. The summed E-state index contributed by atoms with van der Waals surface area (Å²) in [4.78, 5) is 8.89. The first-order valence-electron chi connectivity index (χ1n) is 11.7. The molecular weight excluding hydrogens is 372 g/mol. The van der Waals surface area contributed by atoms with Crippen molar-refractivity contribution in [2.45, 2.75) is 104 Å². The van der Waals surface area contributed by atoms with Crippen LogP contribution in [0.2, 0.25) is 0 Å². The van der Waals surface area contributed by atoms with Crippen molar-refractivity contribution >= 4 is 5.97 Å². The van der Waals surface area contributed by atoms with E-state index in [2.05, 4.69) is 60.8 Å². The molecule has 0 spiro atoms. The van der Waals surface area contributed by atoms with Crippen molar-refractivity contribution in [2.75, 3.05) is 0 Å². The van der Waals surface area contributed by atoms with Crippen LogP contribution in [0.25, 0.3) is 5.69 Å². The van der Waals surface area contributed by atoms with E-state index in [-0.39, 0.29) is 0 Å². The molecule has 1 aromatic carbocycles. The highest BCUT2D eigenvalue weighted by atomic mass is 16.4. The second-order valence-corrected chi connectivity index (χ2v) is 8.92. The number of rotatable bonds is 2. The number of carboxylic acid groups (broad SMARTS) is 1. The minimum Gasteiger partial charge on any atom is -0.550 e. The van der Waals surface area contributed by atoms with Gasteiger partial charge in [-0.05, 0) is 64.5 Å². The van der Waals surface area contributed by atoms with Crippen LogP contribution in [-0.4, -0.2) is 10.5 Å².